The number of nitrogens with one attached hydrogen (secondary N) is 2. The zero-order valence-corrected chi connectivity index (χ0v) is 43.5. The average molecular weight is 1020 g/mol. The van der Waals surface area contributed by atoms with Crippen molar-refractivity contribution in [3.05, 3.63) is 130 Å². The van der Waals surface area contributed by atoms with Gasteiger partial charge in [-0.2, -0.15) is 0 Å². The van der Waals surface area contributed by atoms with Crippen LogP contribution in [0.3, 0.4) is 0 Å². The SMILES string of the molecule is CN(C(=O)CCCCO/N=C(/c1ccccc1)c1ccc2c(c1)CN1CC(=O)NC1=N2)C1CCCCC1.CN(C(=O)CCCCO/N=C(/c1ccccc1)c1ccc2c(c1)CN1CC(=O)NC1=N2)C1CCCCC1.O. The molecule has 4 fully saturated rings. The van der Waals surface area contributed by atoms with Crippen LogP contribution >= 0.6 is 0 Å². The van der Waals surface area contributed by atoms with E-state index in [1.807, 2.05) is 119 Å². The molecule has 4 aliphatic heterocycles. The Hall–Kier alpha value is -7.40. The summed E-state index contributed by atoms with van der Waals surface area (Å²) < 4.78 is 0. The average Bonchev–Trinajstić information content (AvgIpc) is 4.00. The largest absolute Gasteiger partial charge is 0.412 e. The Morgan fingerprint density at radius 3 is 1.35 bits per heavy atom. The molecule has 17 nitrogen and oxygen atoms in total. The van der Waals surface area contributed by atoms with Crippen LogP contribution in [0, 0.1) is 0 Å². The fourth-order valence-electron chi connectivity index (χ4n) is 10.6. The van der Waals surface area contributed by atoms with Gasteiger partial charge in [-0.3, -0.25) is 29.8 Å². The van der Waals surface area contributed by atoms with Crippen LogP contribution in [-0.4, -0.2) is 125 Å². The van der Waals surface area contributed by atoms with Crippen LogP contribution in [0.25, 0.3) is 0 Å². The van der Waals surface area contributed by atoms with E-state index in [9.17, 15) is 19.2 Å². The number of fused-ring (bicyclic) bond motifs is 4. The van der Waals surface area contributed by atoms with Crippen molar-refractivity contribution >= 4 is 58.3 Å². The summed E-state index contributed by atoms with van der Waals surface area (Å²) in [5.74, 6) is 1.64. The highest BCUT2D eigenvalue weighted by atomic mass is 16.6. The van der Waals surface area contributed by atoms with Crippen molar-refractivity contribution in [2.45, 2.75) is 128 Å². The van der Waals surface area contributed by atoms with E-state index in [0.717, 1.165) is 108 Å². The molecule has 0 aromatic heterocycles. The summed E-state index contributed by atoms with van der Waals surface area (Å²) in [4.78, 5) is 77.2. The number of benzene rings is 4. The summed E-state index contributed by atoms with van der Waals surface area (Å²) >= 11 is 0. The molecule has 75 heavy (non-hydrogen) atoms. The molecule has 4 heterocycles. The topological polar surface area (TPSA) is 205 Å². The number of nitrogens with zero attached hydrogens (tertiary/aromatic N) is 8. The van der Waals surface area contributed by atoms with Crippen LogP contribution in [0.5, 0.6) is 0 Å². The number of guanidine groups is 2. The van der Waals surface area contributed by atoms with E-state index in [-0.39, 0.29) is 29.1 Å². The van der Waals surface area contributed by atoms with Crippen molar-refractivity contribution in [3.8, 4) is 0 Å². The van der Waals surface area contributed by atoms with Crippen molar-refractivity contribution in [3.63, 3.8) is 0 Å². The van der Waals surface area contributed by atoms with Gasteiger partial charge in [0.2, 0.25) is 35.5 Å². The number of carbonyl (C=O) groups excluding carboxylic acids is 4. The van der Waals surface area contributed by atoms with Gasteiger partial charge < -0.3 is 34.8 Å². The van der Waals surface area contributed by atoms with Gasteiger partial charge in [-0.25, -0.2) is 9.98 Å². The Morgan fingerprint density at radius 1 is 0.547 bits per heavy atom. The van der Waals surface area contributed by atoms with Crippen LogP contribution in [0.1, 0.15) is 136 Å². The summed E-state index contributed by atoms with van der Waals surface area (Å²) in [5, 5.41) is 14.7. The van der Waals surface area contributed by atoms with Gasteiger partial charge in [0, 0.05) is 74.4 Å². The van der Waals surface area contributed by atoms with Crippen molar-refractivity contribution in [1.82, 2.24) is 30.2 Å². The predicted octanol–water partition coefficient (Wildman–Crippen LogP) is 7.88. The molecule has 4 amide bonds. The Balaban J connectivity index is 0.000000197. The summed E-state index contributed by atoms with van der Waals surface area (Å²) in [7, 11) is 3.90. The third-order valence-corrected chi connectivity index (χ3v) is 14.8. The van der Waals surface area contributed by atoms with Gasteiger partial charge in [0.15, 0.2) is 0 Å². The summed E-state index contributed by atoms with van der Waals surface area (Å²) in [6.45, 7) is 2.79. The van der Waals surface area contributed by atoms with Gasteiger partial charge in [-0.05, 0) is 86.8 Å². The number of aliphatic imine (C=N–C) groups is 2. The van der Waals surface area contributed by atoms with E-state index in [2.05, 4.69) is 43.1 Å². The van der Waals surface area contributed by atoms with Gasteiger partial charge in [0.25, 0.3) is 0 Å². The maximum Gasteiger partial charge on any atom is 0.246 e. The van der Waals surface area contributed by atoms with Crippen molar-refractivity contribution in [1.29, 1.82) is 0 Å². The highest BCUT2D eigenvalue weighted by molar-refractivity contribution is 6.14. The van der Waals surface area contributed by atoms with E-state index in [1.54, 1.807) is 0 Å². The molecule has 0 bridgehead atoms. The maximum absolute atomic E-state index is 12.6. The van der Waals surface area contributed by atoms with E-state index in [1.165, 1.54) is 38.5 Å². The molecule has 4 aromatic rings. The quantitative estimate of drug-likeness (QED) is 0.0569. The number of unbranched alkanes of at least 4 members (excludes halogenated alkanes) is 2. The van der Waals surface area contributed by atoms with Gasteiger partial charge in [-0.1, -0.05) is 122 Å². The standard InChI is InChI=1S/2C29H35N5O3.H2O/c2*1-33(24-12-6-3-7-13-24)27(36)14-8-9-17-37-32-28(21-10-4-2-5-11-21)22-15-16-25-23(18-22)19-34-20-26(35)31-29(34)30-25;/h2*2,4-5,10-11,15-16,18,24H,3,6-9,12-14,17,19-20H2,1H3,(H,30,31,35);1H2/b2*32-28-;. The number of amides is 4. The Morgan fingerprint density at radius 2 is 0.947 bits per heavy atom. The van der Waals surface area contributed by atoms with Crippen molar-refractivity contribution in [2.24, 2.45) is 20.3 Å². The minimum Gasteiger partial charge on any atom is -0.412 e. The van der Waals surface area contributed by atoms with E-state index >= 15 is 0 Å². The lowest BCUT2D eigenvalue weighted by Crippen LogP contribution is -2.38. The Kier molecular flexibility index (Phi) is 18.8. The molecule has 4 aromatic carbocycles. The Labute approximate surface area is 440 Å². The first-order valence-corrected chi connectivity index (χ1v) is 26.7. The van der Waals surface area contributed by atoms with E-state index in [0.29, 0.717) is 76.2 Å². The van der Waals surface area contributed by atoms with Crippen LogP contribution in [0.4, 0.5) is 11.4 Å². The second-order valence-corrected chi connectivity index (χ2v) is 20.2. The normalized spacial score (nSPS) is 17.3. The van der Waals surface area contributed by atoms with Crippen LogP contribution in [-0.2, 0) is 41.9 Å². The number of hydrogen-bond donors (Lipinski definition) is 2. The summed E-state index contributed by atoms with van der Waals surface area (Å²) in [5.41, 5.74) is 9.10. The summed E-state index contributed by atoms with van der Waals surface area (Å²) in [6.07, 6.45) is 16.2. The fourth-order valence-corrected chi connectivity index (χ4v) is 10.6. The molecule has 0 radical (unpaired) electrons. The lowest BCUT2D eigenvalue weighted by Gasteiger charge is -2.31. The summed E-state index contributed by atoms with van der Waals surface area (Å²) in [6, 6.07) is 32.8. The lowest BCUT2D eigenvalue weighted by atomic mass is 9.94. The van der Waals surface area contributed by atoms with Gasteiger partial charge in [0.05, 0.1) is 11.4 Å². The molecule has 2 saturated heterocycles. The lowest BCUT2D eigenvalue weighted by molar-refractivity contribution is -0.133. The van der Waals surface area contributed by atoms with E-state index < -0.39 is 0 Å². The molecule has 2 aliphatic carbocycles. The van der Waals surface area contributed by atoms with Crippen molar-refractivity contribution in [2.75, 3.05) is 40.4 Å². The third kappa shape index (κ3) is 14.1. The van der Waals surface area contributed by atoms with Gasteiger partial charge in [-0.15, -0.1) is 0 Å². The molecular weight excluding hydrogens is 949 g/mol. The second kappa shape index (κ2) is 26.2. The minimum absolute atomic E-state index is 0. The molecule has 6 aliphatic rings. The van der Waals surface area contributed by atoms with E-state index in [4.69, 9.17) is 9.68 Å². The zero-order valence-electron chi connectivity index (χ0n) is 43.5. The molecule has 0 spiro atoms. The first-order valence-electron chi connectivity index (χ1n) is 26.7. The highest BCUT2D eigenvalue weighted by Crippen LogP contribution is 2.31. The monoisotopic (exact) mass is 1020 g/mol. The molecule has 0 unspecified atom stereocenters. The zero-order chi connectivity index (χ0) is 51.2. The van der Waals surface area contributed by atoms with Gasteiger partial charge >= 0.3 is 0 Å². The molecule has 10 rings (SSSR count). The minimum atomic E-state index is -0.0333. The maximum atomic E-state index is 12.6. The molecular formula is C58H72N10O7. The number of oxime groups is 2. The molecule has 2 saturated carbocycles. The van der Waals surface area contributed by atoms with Crippen LogP contribution in [0.15, 0.2) is 117 Å². The molecule has 17 heteroatoms. The fraction of sp³-hybridized carbons (Fsp3) is 0.448. The number of rotatable bonds is 18. The molecule has 4 N–H and O–H groups in total. The first-order chi connectivity index (χ1) is 36.2. The third-order valence-electron chi connectivity index (χ3n) is 14.8. The van der Waals surface area contributed by atoms with Crippen molar-refractivity contribution < 1.29 is 34.3 Å². The highest BCUT2D eigenvalue weighted by Gasteiger charge is 2.31. The Bertz CT molecular complexity index is 2570. The first kappa shape index (κ1) is 53.9. The van der Waals surface area contributed by atoms with Crippen LogP contribution < -0.4 is 10.6 Å². The predicted molar refractivity (Wildman–Crippen MR) is 291 cm³/mol. The van der Waals surface area contributed by atoms with Crippen LogP contribution in [0.2, 0.25) is 0 Å². The number of hydrogen-bond acceptors (Lipinski definition) is 12. The second-order valence-electron chi connectivity index (χ2n) is 20.2. The van der Waals surface area contributed by atoms with Gasteiger partial charge in [0.1, 0.15) is 37.7 Å². The molecule has 396 valence electrons. The molecule has 0 atom stereocenters. The smallest absolute Gasteiger partial charge is 0.246 e. The number of carbonyl (C=O) groups is 4.